The summed E-state index contributed by atoms with van der Waals surface area (Å²) in [7, 11) is 0. The van der Waals surface area contributed by atoms with Gasteiger partial charge in [0.05, 0.1) is 16.9 Å². The lowest BCUT2D eigenvalue weighted by Crippen LogP contribution is -2.61. The lowest BCUT2D eigenvalue weighted by atomic mass is 9.83. The Labute approximate surface area is 203 Å². The summed E-state index contributed by atoms with van der Waals surface area (Å²) in [6.07, 6.45) is 0.412. The maximum Gasteiger partial charge on any atom is 0.269 e. The molecule has 5 rings (SSSR count). The quantitative estimate of drug-likeness (QED) is 0.442. The number of anilines is 2. The highest BCUT2D eigenvalue weighted by molar-refractivity contribution is 5.82. The van der Waals surface area contributed by atoms with Crippen molar-refractivity contribution in [3.63, 3.8) is 0 Å². The Bertz CT molecular complexity index is 1260. The van der Waals surface area contributed by atoms with E-state index in [1.807, 2.05) is 6.07 Å². The minimum Gasteiger partial charge on any atom is -0.368 e. The minimum atomic E-state index is -0.402. The van der Waals surface area contributed by atoms with Gasteiger partial charge in [0.2, 0.25) is 5.91 Å². The van der Waals surface area contributed by atoms with Gasteiger partial charge in [-0.15, -0.1) is 0 Å². The molecule has 1 N–H and O–H groups in total. The molecule has 0 bridgehead atoms. The van der Waals surface area contributed by atoms with Crippen molar-refractivity contribution in [3.05, 3.63) is 99.4 Å². The Hall–Kier alpha value is -3.94. The second-order valence-corrected chi connectivity index (χ2v) is 9.27. The molecule has 0 radical (unpaired) electrons. The van der Waals surface area contributed by atoms with Crippen molar-refractivity contribution in [1.29, 1.82) is 0 Å². The molecule has 7 nitrogen and oxygen atoms in total. The largest absolute Gasteiger partial charge is 0.368 e. The van der Waals surface area contributed by atoms with E-state index in [1.54, 1.807) is 18.2 Å². The number of fused-ring (bicyclic) bond motifs is 3. The number of nitrogens with zero attached hydrogens (tertiary/aromatic N) is 3. The Morgan fingerprint density at radius 3 is 2.66 bits per heavy atom. The minimum absolute atomic E-state index is 0.0272. The van der Waals surface area contributed by atoms with E-state index >= 15 is 0 Å². The highest BCUT2D eigenvalue weighted by Gasteiger charge is 2.42. The molecule has 2 aliphatic rings. The highest BCUT2D eigenvalue weighted by atomic mass is 19.1. The summed E-state index contributed by atoms with van der Waals surface area (Å²) in [5, 5.41) is 14.3. The fourth-order valence-corrected chi connectivity index (χ4v) is 5.18. The van der Waals surface area contributed by atoms with Gasteiger partial charge in [-0.25, -0.2) is 4.39 Å². The SMILES string of the molecule is Cc1ccc(N2CCN3c4ccc([N+](=O)[O-])cc4C[C@@H](C(=O)NCc4cccc(F)c4)[C@@H]3C2)cc1. The van der Waals surface area contributed by atoms with Crippen molar-refractivity contribution in [2.75, 3.05) is 29.4 Å². The van der Waals surface area contributed by atoms with Crippen LogP contribution in [0.3, 0.4) is 0 Å². The van der Waals surface area contributed by atoms with Gasteiger partial charge in [-0.1, -0.05) is 29.8 Å². The van der Waals surface area contributed by atoms with Crippen LogP contribution in [0.2, 0.25) is 0 Å². The molecule has 1 fully saturated rings. The highest BCUT2D eigenvalue weighted by Crippen LogP contribution is 2.38. The molecule has 8 heteroatoms. The Kier molecular flexibility index (Phi) is 6.11. The number of nitro benzene ring substituents is 1. The van der Waals surface area contributed by atoms with Crippen LogP contribution < -0.4 is 15.1 Å². The molecule has 3 aromatic rings. The maximum absolute atomic E-state index is 13.6. The molecule has 0 aliphatic carbocycles. The first kappa shape index (κ1) is 22.8. The number of hydrogen-bond acceptors (Lipinski definition) is 5. The van der Waals surface area contributed by atoms with Crippen LogP contribution in [0.4, 0.5) is 21.5 Å². The fraction of sp³-hybridized carbons (Fsp3) is 0.296. The average Bonchev–Trinajstić information content (AvgIpc) is 2.86. The third-order valence-electron chi connectivity index (χ3n) is 7.00. The molecule has 1 amide bonds. The number of carbonyl (C=O) groups is 1. The van der Waals surface area contributed by atoms with E-state index in [-0.39, 0.29) is 30.0 Å². The van der Waals surface area contributed by atoms with Crippen LogP contribution in [0, 0.1) is 28.8 Å². The van der Waals surface area contributed by atoms with E-state index in [4.69, 9.17) is 0 Å². The van der Waals surface area contributed by atoms with Crippen molar-refractivity contribution >= 4 is 23.0 Å². The van der Waals surface area contributed by atoms with Crippen LogP contribution in [0.25, 0.3) is 0 Å². The molecular weight excluding hydrogens is 447 g/mol. The van der Waals surface area contributed by atoms with Gasteiger partial charge in [-0.3, -0.25) is 14.9 Å². The topological polar surface area (TPSA) is 78.7 Å². The number of carbonyl (C=O) groups excluding carboxylic acids is 1. The van der Waals surface area contributed by atoms with Gasteiger partial charge in [0.15, 0.2) is 0 Å². The monoisotopic (exact) mass is 474 g/mol. The molecule has 2 aliphatic heterocycles. The number of nitro groups is 1. The number of piperazine rings is 1. The number of halogens is 1. The molecule has 1 saturated heterocycles. The number of aryl methyl sites for hydroxylation is 1. The zero-order chi connectivity index (χ0) is 24.5. The molecule has 0 saturated carbocycles. The number of benzene rings is 3. The summed E-state index contributed by atoms with van der Waals surface area (Å²) >= 11 is 0. The molecule has 0 aromatic heterocycles. The molecule has 2 atom stereocenters. The number of non-ortho nitro benzene ring substituents is 1. The van der Waals surface area contributed by atoms with Gasteiger partial charge >= 0.3 is 0 Å². The zero-order valence-corrected chi connectivity index (χ0v) is 19.5. The van der Waals surface area contributed by atoms with Crippen molar-refractivity contribution in [1.82, 2.24) is 5.32 Å². The maximum atomic E-state index is 13.6. The van der Waals surface area contributed by atoms with Crippen LogP contribution in [-0.4, -0.2) is 36.5 Å². The Morgan fingerprint density at radius 1 is 1.11 bits per heavy atom. The van der Waals surface area contributed by atoms with Crippen LogP contribution in [-0.2, 0) is 17.8 Å². The summed E-state index contributed by atoms with van der Waals surface area (Å²) in [5.41, 5.74) is 4.79. The predicted molar refractivity (Wildman–Crippen MR) is 133 cm³/mol. The van der Waals surface area contributed by atoms with Gasteiger partial charge < -0.3 is 15.1 Å². The van der Waals surface area contributed by atoms with Gasteiger partial charge in [0.25, 0.3) is 5.69 Å². The first-order chi connectivity index (χ1) is 16.9. The molecule has 2 heterocycles. The van der Waals surface area contributed by atoms with Crippen molar-refractivity contribution in [2.45, 2.75) is 25.9 Å². The molecular formula is C27H27FN4O3. The Morgan fingerprint density at radius 2 is 1.91 bits per heavy atom. The zero-order valence-electron chi connectivity index (χ0n) is 19.5. The van der Waals surface area contributed by atoms with E-state index in [1.165, 1.54) is 23.8 Å². The summed E-state index contributed by atoms with van der Waals surface area (Å²) in [6, 6.07) is 19.4. The first-order valence-corrected chi connectivity index (χ1v) is 11.8. The molecule has 0 spiro atoms. The number of hydrogen-bond donors (Lipinski definition) is 1. The van der Waals surface area contributed by atoms with Crippen molar-refractivity contribution in [2.24, 2.45) is 5.92 Å². The summed E-state index contributed by atoms with van der Waals surface area (Å²) in [5.74, 6) is -0.874. The van der Waals surface area contributed by atoms with E-state index in [9.17, 15) is 19.3 Å². The van der Waals surface area contributed by atoms with Crippen LogP contribution in [0.5, 0.6) is 0 Å². The number of nitrogens with one attached hydrogen (secondary N) is 1. The third kappa shape index (κ3) is 4.69. The summed E-state index contributed by atoms with van der Waals surface area (Å²) in [6.45, 7) is 4.43. The molecule has 0 unspecified atom stereocenters. The van der Waals surface area contributed by atoms with E-state index in [0.29, 0.717) is 25.1 Å². The van der Waals surface area contributed by atoms with Crippen LogP contribution in [0.1, 0.15) is 16.7 Å². The summed E-state index contributed by atoms with van der Waals surface area (Å²) < 4.78 is 13.6. The lowest BCUT2D eigenvalue weighted by Gasteiger charge is -2.49. The third-order valence-corrected chi connectivity index (χ3v) is 7.00. The normalized spacial score (nSPS) is 19.0. The molecule has 3 aromatic carbocycles. The lowest BCUT2D eigenvalue weighted by molar-refractivity contribution is -0.384. The van der Waals surface area contributed by atoms with Crippen LogP contribution >= 0.6 is 0 Å². The van der Waals surface area contributed by atoms with Gasteiger partial charge in [-0.2, -0.15) is 0 Å². The predicted octanol–water partition coefficient (Wildman–Crippen LogP) is 4.23. The standard InChI is InChI=1S/C27H27FN4O3/c1-18-5-7-22(8-6-18)30-11-12-31-25-10-9-23(32(34)35)14-20(25)15-24(26(31)17-30)27(33)29-16-19-3-2-4-21(28)13-19/h2-10,13-14,24,26H,11-12,15-17H2,1H3,(H,29,33)/t24-,26+/m1/s1. The van der Waals surface area contributed by atoms with Crippen molar-refractivity contribution in [3.8, 4) is 0 Å². The Balaban J connectivity index is 1.43. The van der Waals surface area contributed by atoms with Gasteiger partial charge in [0, 0.05) is 49.7 Å². The fourth-order valence-electron chi connectivity index (χ4n) is 5.18. The second-order valence-electron chi connectivity index (χ2n) is 9.27. The van der Waals surface area contributed by atoms with E-state index in [0.717, 1.165) is 23.5 Å². The van der Waals surface area contributed by atoms with Gasteiger partial charge in [0.1, 0.15) is 5.82 Å². The number of amides is 1. The van der Waals surface area contributed by atoms with E-state index < -0.39 is 10.8 Å². The van der Waals surface area contributed by atoms with Gasteiger partial charge in [-0.05, 0) is 54.8 Å². The molecule has 180 valence electrons. The first-order valence-electron chi connectivity index (χ1n) is 11.8. The van der Waals surface area contributed by atoms with E-state index in [2.05, 4.69) is 46.3 Å². The summed E-state index contributed by atoms with van der Waals surface area (Å²) in [4.78, 5) is 28.9. The van der Waals surface area contributed by atoms with Crippen molar-refractivity contribution < 1.29 is 14.1 Å². The average molecular weight is 475 g/mol. The smallest absolute Gasteiger partial charge is 0.269 e. The number of rotatable bonds is 5. The van der Waals surface area contributed by atoms with Crippen LogP contribution in [0.15, 0.2) is 66.7 Å². The molecule has 35 heavy (non-hydrogen) atoms. The second kappa shape index (κ2) is 9.37.